The molecule has 0 saturated heterocycles. The highest BCUT2D eigenvalue weighted by Gasteiger charge is 2.14. The molecule has 1 atom stereocenters. The summed E-state index contributed by atoms with van der Waals surface area (Å²) in [6.07, 6.45) is 3.12. The van der Waals surface area contributed by atoms with Crippen molar-refractivity contribution in [1.82, 2.24) is 4.90 Å². The van der Waals surface area contributed by atoms with Crippen molar-refractivity contribution in [3.8, 4) is 0 Å². The first kappa shape index (κ1) is 12.0. The van der Waals surface area contributed by atoms with Crippen LogP contribution in [0.5, 0.6) is 0 Å². The fraction of sp³-hybridized carbons (Fsp3) is 0.700. The Bertz CT molecular complexity index is 187. The summed E-state index contributed by atoms with van der Waals surface area (Å²) in [4.78, 5) is 12.7. The third-order valence-corrected chi connectivity index (χ3v) is 1.89. The molecule has 3 heteroatoms. The van der Waals surface area contributed by atoms with Gasteiger partial charge in [-0.05, 0) is 19.8 Å². The Morgan fingerprint density at radius 1 is 1.38 bits per heavy atom. The van der Waals surface area contributed by atoms with Gasteiger partial charge in [0, 0.05) is 13.2 Å². The lowest BCUT2D eigenvalue weighted by Gasteiger charge is -2.19. The van der Waals surface area contributed by atoms with Gasteiger partial charge in [-0.3, -0.25) is 4.90 Å². The molecule has 0 bridgehead atoms. The molecule has 0 saturated carbocycles. The average molecular weight is 185 g/mol. The third-order valence-electron chi connectivity index (χ3n) is 1.89. The maximum atomic E-state index is 11.3. The summed E-state index contributed by atoms with van der Waals surface area (Å²) >= 11 is 0. The molecule has 1 amide bonds. The molecular formula is C10H19NO2. The van der Waals surface area contributed by atoms with Crippen LogP contribution in [0.4, 0.5) is 4.79 Å². The Labute approximate surface area is 80.4 Å². The number of nitrogens with zero attached hydrogens (tertiary/aromatic N) is 1. The van der Waals surface area contributed by atoms with Crippen LogP contribution in [0.15, 0.2) is 12.3 Å². The van der Waals surface area contributed by atoms with E-state index in [1.54, 1.807) is 19.3 Å². The Morgan fingerprint density at radius 3 is 2.31 bits per heavy atom. The first-order chi connectivity index (χ1) is 5.99. The molecule has 76 valence electrons. The standard InChI is InChI=1S/C10H19NO2/c1-6-7-11(5)10(12)13-9(4)8(2)3/h6-9H,1-5H3/b7-6-. The summed E-state index contributed by atoms with van der Waals surface area (Å²) in [7, 11) is 1.68. The molecule has 0 aliphatic rings. The van der Waals surface area contributed by atoms with Crippen LogP contribution in [0.3, 0.4) is 0 Å². The number of carbonyl (C=O) groups is 1. The predicted molar refractivity (Wildman–Crippen MR) is 53.4 cm³/mol. The van der Waals surface area contributed by atoms with Crippen LogP contribution in [0.1, 0.15) is 27.7 Å². The zero-order chi connectivity index (χ0) is 10.4. The van der Waals surface area contributed by atoms with Gasteiger partial charge in [0.15, 0.2) is 0 Å². The third kappa shape index (κ3) is 4.55. The summed E-state index contributed by atoms with van der Waals surface area (Å²) in [5.41, 5.74) is 0. The molecular weight excluding hydrogens is 166 g/mol. The number of hydrogen-bond donors (Lipinski definition) is 0. The van der Waals surface area contributed by atoms with Crippen molar-refractivity contribution >= 4 is 6.09 Å². The van der Waals surface area contributed by atoms with Gasteiger partial charge in [0.2, 0.25) is 0 Å². The molecule has 0 rings (SSSR count). The Hall–Kier alpha value is -0.990. The van der Waals surface area contributed by atoms with Crippen molar-refractivity contribution in [2.75, 3.05) is 7.05 Å². The van der Waals surface area contributed by atoms with Crippen molar-refractivity contribution in [1.29, 1.82) is 0 Å². The SMILES string of the molecule is C/C=C\N(C)C(=O)OC(C)C(C)C. The van der Waals surface area contributed by atoms with Gasteiger partial charge in [0.25, 0.3) is 0 Å². The van der Waals surface area contributed by atoms with Crippen LogP contribution in [0.25, 0.3) is 0 Å². The molecule has 0 N–H and O–H groups in total. The maximum absolute atomic E-state index is 11.3. The van der Waals surface area contributed by atoms with Crippen LogP contribution < -0.4 is 0 Å². The first-order valence-corrected chi connectivity index (χ1v) is 4.55. The monoisotopic (exact) mass is 185 g/mol. The zero-order valence-corrected chi connectivity index (χ0v) is 9.07. The number of carbonyl (C=O) groups excluding carboxylic acids is 1. The highest BCUT2D eigenvalue weighted by Crippen LogP contribution is 2.07. The highest BCUT2D eigenvalue weighted by atomic mass is 16.6. The lowest BCUT2D eigenvalue weighted by atomic mass is 10.1. The molecule has 0 aromatic heterocycles. The predicted octanol–water partition coefficient (Wildman–Crippen LogP) is 2.63. The van der Waals surface area contributed by atoms with Crippen molar-refractivity contribution in [3.05, 3.63) is 12.3 Å². The van der Waals surface area contributed by atoms with E-state index in [0.717, 1.165) is 0 Å². The molecule has 0 aliphatic carbocycles. The van der Waals surface area contributed by atoms with Crippen LogP contribution in [-0.2, 0) is 4.74 Å². The Balaban J connectivity index is 4.00. The number of hydrogen-bond acceptors (Lipinski definition) is 2. The van der Waals surface area contributed by atoms with Gasteiger partial charge >= 0.3 is 6.09 Å². The van der Waals surface area contributed by atoms with E-state index in [4.69, 9.17) is 4.74 Å². The van der Waals surface area contributed by atoms with Gasteiger partial charge in [-0.2, -0.15) is 0 Å². The summed E-state index contributed by atoms with van der Waals surface area (Å²) in [5, 5.41) is 0. The van der Waals surface area contributed by atoms with Gasteiger partial charge in [0.1, 0.15) is 6.10 Å². The van der Waals surface area contributed by atoms with Crippen LogP contribution in [0.2, 0.25) is 0 Å². The molecule has 0 aromatic carbocycles. The fourth-order valence-electron chi connectivity index (χ4n) is 0.663. The molecule has 0 aromatic rings. The molecule has 13 heavy (non-hydrogen) atoms. The minimum Gasteiger partial charge on any atom is -0.446 e. The number of amides is 1. The van der Waals surface area contributed by atoms with Crippen molar-refractivity contribution in [2.45, 2.75) is 33.8 Å². The first-order valence-electron chi connectivity index (χ1n) is 4.55. The highest BCUT2D eigenvalue weighted by molar-refractivity contribution is 5.68. The number of allylic oxidation sites excluding steroid dienone is 1. The van der Waals surface area contributed by atoms with Crippen LogP contribution in [-0.4, -0.2) is 24.1 Å². The summed E-state index contributed by atoms with van der Waals surface area (Å²) in [6, 6.07) is 0. The van der Waals surface area contributed by atoms with E-state index in [9.17, 15) is 4.79 Å². The second-order valence-electron chi connectivity index (χ2n) is 3.43. The smallest absolute Gasteiger partial charge is 0.413 e. The van der Waals surface area contributed by atoms with Crippen LogP contribution >= 0.6 is 0 Å². The molecule has 0 radical (unpaired) electrons. The van der Waals surface area contributed by atoms with Crippen molar-refractivity contribution < 1.29 is 9.53 Å². The molecule has 0 heterocycles. The van der Waals surface area contributed by atoms with Crippen LogP contribution in [0, 0.1) is 5.92 Å². The fourth-order valence-corrected chi connectivity index (χ4v) is 0.663. The van der Waals surface area contributed by atoms with E-state index in [1.807, 2.05) is 27.7 Å². The summed E-state index contributed by atoms with van der Waals surface area (Å²) < 4.78 is 5.16. The minimum absolute atomic E-state index is 0.0415. The van der Waals surface area contributed by atoms with E-state index >= 15 is 0 Å². The summed E-state index contributed by atoms with van der Waals surface area (Å²) in [6.45, 7) is 7.79. The molecule has 3 nitrogen and oxygen atoms in total. The minimum atomic E-state index is -0.306. The second kappa shape index (κ2) is 5.62. The number of ether oxygens (including phenoxy) is 1. The number of rotatable bonds is 3. The van der Waals surface area contributed by atoms with Gasteiger partial charge in [0.05, 0.1) is 0 Å². The normalized spacial score (nSPS) is 13.4. The largest absolute Gasteiger partial charge is 0.446 e. The van der Waals surface area contributed by atoms with E-state index in [-0.39, 0.29) is 12.2 Å². The Kier molecular flexibility index (Phi) is 5.19. The van der Waals surface area contributed by atoms with Gasteiger partial charge in [-0.15, -0.1) is 0 Å². The van der Waals surface area contributed by atoms with Crippen molar-refractivity contribution in [2.24, 2.45) is 5.92 Å². The van der Waals surface area contributed by atoms with Gasteiger partial charge in [-0.25, -0.2) is 4.79 Å². The second-order valence-corrected chi connectivity index (χ2v) is 3.43. The van der Waals surface area contributed by atoms with E-state index in [0.29, 0.717) is 5.92 Å². The Morgan fingerprint density at radius 2 is 1.92 bits per heavy atom. The lowest BCUT2D eigenvalue weighted by Crippen LogP contribution is -2.28. The lowest BCUT2D eigenvalue weighted by molar-refractivity contribution is 0.0650. The van der Waals surface area contributed by atoms with Gasteiger partial charge < -0.3 is 4.74 Å². The van der Waals surface area contributed by atoms with Gasteiger partial charge in [-0.1, -0.05) is 19.9 Å². The van der Waals surface area contributed by atoms with E-state index in [2.05, 4.69) is 0 Å². The average Bonchev–Trinajstić information content (AvgIpc) is 2.04. The molecule has 0 aliphatic heterocycles. The molecule has 0 spiro atoms. The molecule has 1 unspecified atom stereocenters. The summed E-state index contributed by atoms with van der Waals surface area (Å²) in [5.74, 6) is 0.350. The van der Waals surface area contributed by atoms with E-state index < -0.39 is 0 Å². The quantitative estimate of drug-likeness (QED) is 0.676. The maximum Gasteiger partial charge on any atom is 0.413 e. The van der Waals surface area contributed by atoms with E-state index in [1.165, 1.54) is 4.90 Å². The topological polar surface area (TPSA) is 29.5 Å². The molecule has 0 fully saturated rings. The van der Waals surface area contributed by atoms with Crippen molar-refractivity contribution in [3.63, 3.8) is 0 Å². The zero-order valence-electron chi connectivity index (χ0n) is 9.07.